The second-order valence-corrected chi connectivity index (χ2v) is 7.86. The van der Waals surface area contributed by atoms with Crippen molar-refractivity contribution in [2.45, 2.75) is 0 Å². The highest BCUT2D eigenvalue weighted by molar-refractivity contribution is 6.31. The van der Waals surface area contributed by atoms with Crippen LogP contribution in [0.15, 0.2) is 71.4 Å². The van der Waals surface area contributed by atoms with Crippen LogP contribution in [-0.2, 0) is 9.53 Å². The first-order valence-electron chi connectivity index (χ1n) is 9.90. The van der Waals surface area contributed by atoms with E-state index in [9.17, 15) is 9.59 Å². The molecule has 0 saturated carbocycles. The lowest BCUT2D eigenvalue weighted by Crippen LogP contribution is -2.09. The third-order valence-electron chi connectivity index (χ3n) is 4.79. The molecule has 0 aromatic heterocycles. The Morgan fingerprint density at radius 1 is 0.882 bits per heavy atom. The first-order chi connectivity index (χ1) is 16.4. The molecule has 1 aliphatic heterocycles. The van der Waals surface area contributed by atoms with Gasteiger partial charge in [0, 0.05) is 10.0 Å². The van der Waals surface area contributed by atoms with E-state index in [2.05, 4.69) is 4.99 Å². The molecule has 0 amide bonds. The number of benzene rings is 3. The summed E-state index contributed by atoms with van der Waals surface area (Å²) < 4.78 is 21.4. The minimum atomic E-state index is -0.630. The first-order valence-corrected chi connectivity index (χ1v) is 10.7. The predicted molar refractivity (Wildman–Crippen MR) is 128 cm³/mol. The van der Waals surface area contributed by atoms with E-state index in [0.29, 0.717) is 38.2 Å². The third-order valence-corrected chi connectivity index (χ3v) is 5.27. The number of hydrogen-bond acceptors (Lipinski definition) is 7. The summed E-state index contributed by atoms with van der Waals surface area (Å²) in [6.45, 7) is 0. The van der Waals surface area contributed by atoms with Gasteiger partial charge in [0.2, 0.25) is 5.90 Å². The fraction of sp³-hybridized carbons (Fsp3) is 0.0800. The van der Waals surface area contributed by atoms with Crippen LogP contribution in [0, 0.1) is 0 Å². The molecule has 0 N–H and O–H groups in total. The Bertz CT molecular complexity index is 1330. The van der Waals surface area contributed by atoms with Crippen molar-refractivity contribution >= 4 is 47.1 Å². The van der Waals surface area contributed by atoms with Crippen molar-refractivity contribution in [2.24, 2.45) is 4.99 Å². The zero-order valence-electron chi connectivity index (χ0n) is 18.0. The number of cyclic esters (lactones) is 1. The number of carbonyl (C=O) groups excluding carboxylic acids is 2. The number of methoxy groups -OCH3 is 2. The Hall–Kier alpha value is -3.81. The van der Waals surface area contributed by atoms with Gasteiger partial charge < -0.3 is 18.9 Å². The number of halogens is 2. The number of rotatable bonds is 6. The van der Waals surface area contributed by atoms with Crippen molar-refractivity contribution in [1.29, 1.82) is 0 Å². The van der Waals surface area contributed by atoms with Crippen LogP contribution in [0.2, 0.25) is 10.0 Å². The molecule has 172 valence electrons. The molecule has 0 bridgehead atoms. The molecule has 0 aliphatic carbocycles. The normalized spacial score (nSPS) is 13.9. The standard InChI is InChI=1S/C25H17Cl2NO6/c1-31-20-10-8-17(27)13-18(20)23-28-19(25(30)34-23)11-14-3-9-21(22(12-14)32-2)33-24(29)15-4-6-16(26)7-5-15/h3-13H,1-2H3/b19-11-. The minimum Gasteiger partial charge on any atom is -0.496 e. The number of aliphatic imine (C=N–C) groups is 1. The Labute approximate surface area is 205 Å². The van der Waals surface area contributed by atoms with Gasteiger partial charge >= 0.3 is 11.9 Å². The zero-order valence-corrected chi connectivity index (χ0v) is 19.5. The monoisotopic (exact) mass is 497 g/mol. The fourth-order valence-electron chi connectivity index (χ4n) is 3.13. The lowest BCUT2D eigenvalue weighted by molar-refractivity contribution is -0.129. The maximum atomic E-state index is 12.4. The molecule has 0 radical (unpaired) electrons. The first kappa shape index (κ1) is 23.4. The second-order valence-electron chi connectivity index (χ2n) is 6.99. The summed E-state index contributed by atoms with van der Waals surface area (Å²) in [4.78, 5) is 29.1. The van der Waals surface area contributed by atoms with E-state index < -0.39 is 11.9 Å². The van der Waals surface area contributed by atoms with Crippen molar-refractivity contribution in [3.8, 4) is 17.2 Å². The van der Waals surface area contributed by atoms with Gasteiger partial charge in [0.15, 0.2) is 17.2 Å². The summed E-state index contributed by atoms with van der Waals surface area (Å²) >= 11 is 11.9. The molecule has 3 aromatic rings. The highest BCUT2D eigenvalue weighted by atomic mass is 35.5. The smallest absolute Gasteiger partial charge is 0.363 e. The van der Waals surface area contributed by atoms with E-state index in [-0.39, 0.29) is 17.3 Å². The minimum absolute atomic E-state index is 0.0741. The number of hydrogen-bond donors (Lipinski definition) is 0. The molecule has 4 rings (SSSR count). The quantitative estimate of drug-likeness (QED) is 0.251. The Morgan fingerprint density at radius 2 is 1.56 bits per heavy atom. The molecule has 0 fully saturated rings. The molecule has 3 aromatic carbocycles. The molecule has 34 heavy (non-hydrogen) atoms. The predicted octanol–water partition coefficient (Wildman–Crippen LogP) is 5.57. The van der Waals surface area contributed by atoms with Crippen LogP contribution >= 0.6 is 23.2 Å². The Balaban J connectivity index is 1.59. The molecule has 1 aliphatic rings. The average molecular weight is 498 g/mol. The van der Waals surface area contributed by atoms with Gasteiger partial charge in [0.1, 0.15) is 5.75 Å². The van der Waals surface area contributed by atoms with Gasteiger partial charge in [-0.2, -0.15) is 0 Å². The van der Waals surface area contributed by atoms with Gasteiger partial charge in [-0.3, -0.25) is 0 Å². The zero-order chi connectivity index (χ0) is 24.2. The van der Waals surface area contributed by atoms with Crippen LogP contribution in [-0.4, -0.2) is 32.1 Å². The van der Waals surface area contributed by atoms with Gasteiger partial charge in [-0.15, -0.1) is 0 Å². The van der Waals surface area contributed by atoms with E-state index >= 15 is 0 Å². The number of nitrogens with zero attached hydrogens (tertiary/aromatic N) is 1. The molecule has 0 spiro atoms. The molecule has 0 saturated heterocycles. The largest absolute Gasteiger partial charge is 0.496 e. The molecule has 7 nitrogen and oxygen atoms in total. The summed E-state index contributed by atoms with van der Waals surface area (Å²) in [5.41, 5.74) is 1.45. The Kier molecular flexibility index (Phi) is 6.86. The van der Waals surface area contributed by atoms with E-state index in [4.69, 9.17) is 42.1 Å². The van der Waals surface area contributed by atoms with Crippen LogP contribution in [0.5, 0.6) is 17.2 Å². The van der Waals surface area contributed by atoms with Crippen molar-refractivity contribution in [3.63, 3.8) is 0 Å². The summed E-state index contributed by atoms with van der Waals surface area (Å²) in [7, 11) is 2.94. The van der Waals surface area contributed by atoms with Crippen LogP contribution in [0.3, 0.4) is 0 Å². The third kappa shape index (κ3) is 5.06. The summed E-state index contributed by atoms with van der Waals surface area (Å²) in [6.07, 6.45) is 1.53. The molecule has 0 unspecified atom stereocenters. The maximum absolute atomic E-state index is 12.4. The number of esters is 2. The van der Waals surface area contributed by atoms with Gasteiger partial charge in [-0.1, -0.05) is 29.3 Å². The van der Waals surface area contributed by atoms with Gasteiger partial charge in [0.05, 0.1) is 25.3 Å². The SMILES string of the molecule is COc1cc(/C=C2\N=C(c3cc(Cl)ccc3OC)OC2=O)ccc1OC(=O)c1ccc(Cl)cc1. The maximum Gasteiger partial charge on any atom is 0.363 e. The molecular weight excluding hydrogens is 481 g/mol. The van der Waals surface area contributed by atoms with Gasteiger partial charge in [0.25, 0.3) is 0 Å². The van der Waals surface area contributed by atoms with E-state index in [1.807, 2.05) is 0 Å². The Morgan fingerprint density at radius 3 is 2.26 bits per heavy atom. The van der Waals surface area contributed by atoms with Crippen LogP contribution in [0.4, 0.5) is 0 Å². The summed E-state index contributed by atoms with van der Waals surface area (Å²) in [6, 6.07) is 16.1. The highest BCUT2D eigenvalue weighted by Gasteiger charge is 2.26. The van der Waals surface area contributed by atoms with Crippen molar-refractivity contribution < 1.29 is 28.5 Å². The van der Waals surface area contributed by atoms with Crippen molar-refractivity contribution in [2.75, 3.05) is 14.2 Å². The van der Waals surface area contributed by atoms with Crippen LogP contribution in [0.25, 0.3) is 6.08 Å². The number of ether oxygens (including phenoxy) is 4. The lowest BCUT2D eigenvalue weighted by Gasteiger charge is -2.10. The van der Waals surface area contributed by atoms with Crippen LogP contribution in [0.1, 0.15) is 21.5 Å². The van der Waals surface area contributed by atoms with Gasteiger partial charge in [-0.25, -0.2) is 14.6 Å². The second kappa shape index (κ2) is 9.99. The van der Waals surface area contributed by atoms with E-state index in [1.165, 1.54) is 20.3 Å². The topological polar surface area (TPSA) is 83.4 Å². The van der Waals surface area contributed by atoms with Crippen molar-refractivity contribution in [1.82, 2.24) is 0 Å². The number of carbonyl (C=O) groups is 2. The van der Waals surface area contributed by atoms with Gasteiger partial charge in [-0.05, 0) is 66.2 Å². The molecule has 0 atom stereocenters. The highest BCUT2D eigenvalue weighted by Crippen LogP contribution is 2.31. The molecule has 9 heteroatoms. The van der Waals surface area contributed by atoms with E-state index in [0.717, 1.165) is 0 Å². The summed E-state index contributed by atoms with van der Waals surface area (Å²) in [5.74, 6) is -0.142. The average Bonchev–Trinajstić information content (AvgIpc) is 3.20. The van der Waals surface area contributed by atoms with Crippen LogP contribution < -0.4 is 14.2 Å². The molecular formula is C25H17Cl2NO6. The summed E-state index contributed by atoms with van der Waals surface area (Å²) in [5, 5.41) is 0.956. The van der Waals surface area contributed by atoms with E-state index in [1.54, 1.807) is 60.7 Å². The van der Waals surface area contributed by atoms with Crippen molar-refractivity contribution in [3.05, 3.63) is 93.1 Å². The fourth-order valence-corrected chi connectivity index (χ4v) is 3.43. The molecule has 1 heterocycles. The lowest BCUT2D eigenvalue weighted by atomic mass is 10.1.